The fourth-order valence-electron chi connectivity index (χ4n) is 1.11. The molecule has 0 aliphatic carbocycles. The van der Waals surface area contributed by atoms with E-state index in [0.29, 0.717) is 6.07 Å². The lowest BCUT2D eigenvalue weighted by molar-refractivity contribution is -0.181. The second-order valence-corrected chi connectivity index (χ2v) is 6.44. The minimum atomic E-state index is -4.73. The standard InChI is InChI=1S/C9H6BrClF3NO5S/c10-6-2-4(1-5(7(6)11)8(16)17)21(18,19)15-20-3-9(12,13)14/h1-2,15H,3H2,(H,16,17). The average molecular weight is 413 g/mol. The third kappa shape index (κ3) is 5.11. The number of carbonyl (C=O) groups is 1. The van der Waals surface area contributed by atoms with Gasteiger partial charge in [0.1, 0.15) is 0 Å². The number of halogens is 5. The maximum Gasteiger partial charge on any atom is 0.413 e. The van der Waals surface area contributed by atoms with E-state index in [-0.39, 0.29) is 9.50 Å². The van der Waals surface area contributed by atoms with Gasteiger partial charge in [-0.05, 0) is 28.1 Å². The third-order valence-electron chi connectivity index (χ3n) is 1.95. The van der Waals surface area contributed by atoms with E-state index in [1.165, 1.54) is 4.89 Å². The van der Waals surface area contributed by atoms with Crippen molar-refractivity contribution >= 4 is 43.5 Å². The van der Waals surface area contributed by atoms with E-state index in [1.807, 2.05) is 0 Å². The number of aromatic carboxylic acids is 1. The Bertz CT molecular complexity index is 664. The fourth-order valence-corrected chi connectivity index (χ4v) is 2.77. The maximum absolute atomic E-state index is 11.9. The van der Waals surface area contributed by atoms with Gasteiger partial charge in [-0.25, -0.2) is 13.2 Å². The first-order valence-corrected chi connectivity index (χ1v) is 7.52. The molecule has 0 bridgehead atoms. The summed E-state index contributed by atoms with van der Waals surface area (Å²) in [7, 11) is -4.50. The smallest absolute Gasteiger partial charge is 0.413 e. The van der Waals surface area contributed by atoms with E-state index < -0.39 is 39.2 Å². The van der Waals surface area contributed by atoms with E-state index in [1.54, 1.807) is 0 Å². The second-order valence-electron chi connectivity index (χ2n) is 3.56. The van der Waals surface area contributed by atoms with Crippen LogP contribution >= 0.6 is 27.5 Å². The molecule has 6 nitrogen and oxygen atoms in total. The molecule has 1 rings (SSSR count). The van der Waals surface area contributed by atoms with Crippen LogP contribution in [0.2, 0.25) is 5.02 Å². The Morgan fingerprint density at radius 3 is 2.48 bits per heavy atom. The largest absolute Gasteiger partial charge is 0.478 e. The molecule has 0 heterocycles. The molecule has 0 atom stereocenters. The summed E-state index contributed by atoms with van der Waals surface area (Å²) in [5.74, 6) is -1.51. The molecule has 118 valence electrons. The van der Waals surface area contributed by atoms with Gasteiger partial charge in [-0.2, -0.15) is 13.2 Å². The number of benzene rings is 1. The first-order chi connectivity index (χ1) is 9.44. The molecule has 0 saturated heterocycles. The van der Waals surface area contributed by atoms with Crippen LogP contribution in [0.5, 0.6) is 0 Å². The van der Waals surface area contributed by atoms with Crippen LogP contribution in [0.1, 0.15) is 10.4 Å². The number of carboxylic acids is 1. The lowest BCUT2D eigenvalue weighted by atomic mass is 10.2. The van der Waals surface area contributed by atoms with Gasteiger partial charge in [-0.3, -0.25) is 4.84 Å². The zero-order valence-electron chi connectivity index (χ0n) is 9.74. The number of sulfonamides is 1. The van der Waals surface area contributed by atoms with Crippen molar-refractivity contribution in [3.8, 4) is 0 Å². The summed E-state index contributed by atoms with van der Waals surface area (Å²) in [5, 5.41) is 8.61. The monoisotopic (exact) mass is 411 g/mol. The van der Waals surface area contributed by atoms with E-state index in [0.717, 1.165) is 6.07 Å². The molecule has 0 radical (unpaired) electrons. The van der Waals surface area contributed by atoms with E-state index in [4.69, 9.17) is 16.7 Å². The summed E-state index contributed by atoms with van der Waals surface area (Å²) in [6.07, 6.45) is -4.73. The molecule has 0 unspecified atom stereocenters. The number of carboxylic acid groups (broad SMARTS) is 1. The lowest BCUT2D eigenvalue weighted by Gasteiger charge is -2.11. The van der Waals surface area contributed by atoms with Gasteiger partial charge in [-0.15, -0.1) is 0 Å². The van der Waals surface area contributed by atoms with Crippen LogP contribution in [0.25, 0.3) is 0 Å². The number of rotatable bonds is 5. The Kier molecular flexibility index (Phi) is 5.61. The highest BCUT2D eigenvalue weighted by Gasteiger charge is 2.29. The zero-order chi connectivity index (χ0) is 16.4. The van der Waals surface area contributed by atoms with Crippen LogP contribution < -0.4 is 4.89 Å². The molecule has 0 aromatic heterocycles. The Morgan fingerprint density at radius 2 is 2.00 bits per heavy atom. The molecule has 0 amide bonds. The summed E-state index contributed by atoms with van der Waals surface area (Å²) in [6.45, 7) is -1.84. The Morgan fingerprint density at radius 1 is 1.43 bits per heavy atom. The quantitative estimate of drug-likeness (QED) is 0.725. The van der Waals surface area contributed by atoms with E-state index in [9.17, 15) is 26.4 Å². The van der Waals surface area contributed by atoms with Gasteiger partial charge in [-0.1, -0.05) is 16.5 Å². The molecule has 2 N–H and O–H groups in total. The average Bonchev–Trinajstić information content (AvgIpc) is 2.29. The van der Waals surface area contributed by atoms with Gasteiger partial charge in [0, 0.05) is 4.47 Å². The topological polar surface area (TPSA) is 92.7 Å². The molecule has 12 heteroatoms. The second kappa shape index (κ2) is 6.48. The predicted octanol–water partition coefficient (Wildman–Crippen LogP) is 2.57. The van der Waals surface area contributed by atoms with Gasteiger partial charge in [0.05, 0.1) is 15.5 Å². The van der Waals surface area contributed by atoms with Crippen LogP contribution in [0.15, 0.2) is 21.5 Å². The predicted molar refractivity (Wildman–Crippen MR) is 68.4 cm³/mol. The van der Waals surface area contributed by atoms with Crippen molar-refractivity contribution in [1.82, 2.24) is 4.89 Å². The van der Waals surface area contributed by atoms with Crippen LogP contribution in [0, 0.1) is 0 Å². The lowest BCUT2D eigenvalue weighted by Crippen LogP contribution is -2.29. The number of nitrogens with one attached hydrogen (secondary N) is 1. The van der Waals surface area contributed by atoms with Crippen molar-refractivity contribution in [2.24, 2.45) is 0 Å². The highest BCUT2D eigenvalue weighted by atomic mass is 79.9. The van der Waals surface area contributed by atoms with Crippen LogP contribution in [-0.4, -0.2) is 32.3 Å². The van der Waals surface area contributed by atoms with Crippen molar-refractivity contribution in [3.05, 3.63) is 27.2 Å². The summed E-state index contributed by atoms with van der Waals surface area (Å²) in [6, 6.07) is 1.61. The molecule has 0 fully saturated rings. The molecule has 0 spiro atoms. The molecule has 21 heavy (non-hydrogen) atoms. The summed E-state index contributed by atoms with van der Waals surface area (Å²) in [5.41, 5.74) is -0.540. The molecule has 0 aliphatic heterocycles. The van der Waals surface area contributed by atoms with Crippen LogP contribution in [-0.2, 0) is 14.9 Å². The molecule has 1 aromatic carbocycles. The molecule has 1 aromatic rings. The Hall–Kier alpha value is -0.880. The van der Waals surface area contributed by atoms with E-state index in [2.05, 4.69) is 20.8 Å². The minimum Gasteiger partial charge on any atom is -0.478 e. The van der Waals surface area contributed by atoms with Crippen molar-refractivity contribution in [2.75, 3.05) is 6.61 Å². The number of hydrogen-bond acceptors (Lipinski definition) is 4. The molecular formula is C9H6BrClF3NO5S. The van der Waals surface area contributed by atoms with Crippen LogP contribution in [0.3, 0.4) is 0 Å². The Labute approximate surface area is 130 Å². The minimum absolute atomic E-state index is 0.0553. The summed E-state index contributed by atoms with van der Waals surface area (Å²) < 4.78 is 58.9. The zero-order valence-corrected chi connectivity index (χ0v) is 12.9. The van der Waals surface area contributed by atoms with Gasteiger partial charge in [0.2, 0.25) is 0 Å². The first kappa shape index (κ1) is 18.2. The maximum atomic E-state index is 11.9. The highest BCUT2D eigenvalue weighted by Crippen LogP contribution is 2.30. The number of hydrogen-bond donors (Lipinski definition) is 2. The van der Waals surface area contributed by atoms with Gasteiger partial charge in [0.15, 0.2) is 6.61 Å². The SMILES string of the molecule is O=C(O)c1cc(S(=O)(=O)NOCC(F)(F)F)cc(Br)c1Cl. The highest BCUT2D eigenvalue weighted by molar-refractivity contribution is 9.10. The van der Waals surface area contributed by atoms with Crippen molar-refractivity contribution in [2.45, 2.75) is 11.1 Å². The molecular weight excluding hydrogens is 407 g/mol. The van der Waals surface area contributed by atoms with Crippen molar-refractivity contribution < 1.29 is 36.3 Å². The van der Waals surface area contributed by atoms with E-state index >= 15 is 0 Å². The fraction of sp³-hybridized carbons (Fsp3) is 0.222. The van der Waals surface area contributed by atoms with Gasteiger partial charge < -0.3 is 5.11 Å². The number of alkyl halides is 3. The van der Waals surface area contributed by atoms with Gasteiger partial charge >= 0.3 is 12.1 Å². The van der Waals surface area contributed by atoms with Crippen molar-refractivity contribution in [1.29, 1.82) is 0 Å². The van der Waals surface area contributed by atoms with Crippen molar-refractivity contribution in [3.63, 3.8) is 0 Å². The van der Waals surface area contributed by atoms with Crippen LogP contribution in [0.4, 0.5) is 13.2 Å². The third-order valence-corrected chi connectivity index (χ3v) is 4.40. The summed E-state index contributed by atoms with van der Waals surface area (Å²) >= 11 is 8.50. The normalized spacial score (nSPS) is 12.4. The molecule has 0 aliphatic rings. The first-order valence-electron chi connectivity index (χ1n) is 4.87. The summed E-state index contributed by atoms with van der Waals surface area (Å²) in [4.78, 5) is 15.3. The van der Waals surface area contributed by atoms with Gasteiger partial charge in [0.25, 0.3) is 10.0 Å². The molecule has 0 saturated carbocycles. The Balaban J connectivity index is 3.07.